The molecule has 10 heteroatoms. The first-order valence-electron chi connectivity index (χ1n) is 13.3. The summed E-state index contributed by atoms with van der Waals surface area (Å²) < 4.78 is 12.7. The van der Waals surface area contributed by atoms with Gasteiger partial charge in [0.2, 0.25) is 18.7 Å². The predicted molar refractivity (Wildman–Crippen MR) is 149 cm³/mol. The van der Waals surface area contributed by atoms with Gasteiger partial charge in [-0.25, -0.2) is 4.98 Å². The Hall–Kier alpha value is -4.31. The number of carbonyl (C=O) groups excluding carboxylic acids is 1. The van der Waals surface area contributed by atoms with Crippen molar-refractivity contribution in [3.63, 3.8) is 0 Å². The van der Waals surface area contributed by atoms with E-state index in [1.54, 1.807) is 12.5 Å². The first-order valence-corrected chi connectivity index (χ1v) is 13.3. The van der Waals surface area contributed by atoms with Crippen molar-refractivity contribution >= 4 is 11.9 Å². The van der Waals surface area contributed by atoms with E-state index in [2.05, 4.69) is 63.1 Å². The number of aliphatic imine (C=N–C) groups is 1. The fraction of sp³-hybridized carbons (Fsp3) is 0.345. The number of fused-ring (bicyclic) bond motifs is 1. The molecule has 2 aromatic carbocycles. The van der Waals surface area contributed by atoms with E-state index in [0.29, 0.717) is 18.8 Å². The number of rotatable bonds is 12. The minimum Gasteiger partial charge on any atom is -0.454 e. The van der Waals surface area contributed by atoms with Crippen molar-refractivity contribution < 1.29 is 14.3 Å². The lowest BCUT2D eigenvalue weighted by molar-refractivity contribution is -0.120. The van der Waals surface area contributed by atoms with Gasteiger partial charge in [-0.2, -0.15) is 4.99 Å². The molecular formula is C29H35N7O3. The van der Waals surface area contributed by atoms with E-state index in [4.69, 9.17) is 14.5 Å². The van der Waals surface area contributed by atoms with Crippen LogP contribution in [0.5, 0.6) is 11.5 Å². The number of amides is 1. The Morgan fingerprint density at radius 2 is 1.95 bits per heavy atom. The highest BCUT2D eigenvalue weighted by Gasteiger charge is 2.23. The smallest absolute Gasteiger partial charge is 0.239 e. The molecule has 1 unspecified atom stereocenters. The van der Waals surface area contributed by atoms with Crippen LogP contribution in [0.2, 0.25) is 0 Å². The quantitative estimate of drug-likeness (QED) is 0.310. The molecular weight excluding hydrogens is 494 g/mol. The zero-order chi connectivity index (χ0) is 26.9. The molecule has 39 heavy (non-hydrogen) atoms. The number of aromatic nitrogens is 2. The third kappa shape index (κ3) is 7.17. The van der Waals surface area contributed by atoms with E-state index in [1.807, 2.05) is 35.0 Å². The van der Waals surface area contributed by atoms with Crippen LogP contribution < -0.4 is 25.4 Å². The van der Waals surface area contributed by atoms with Crippen molar-refractivity contribution in [2.45, 2.75) is 32.4 Å². The molecule has 10 nitrogen and oxygen atoms in total. The van der Waals surface area contributed by atoms with Gasteiger partial charge >= 0.3 is 0 Å². The van der Waals surface area contributed by atoms with Crippen molar-refractivity contribution in [3.8, 4) is 11.5 Å². The molecule has 204 valence electrons. The van der Waals surface area contributed by atoms with E-state index in [-0.39, 0.29) is 25.3 Å². The van der Waals surface area contributed by atoms with Crippen LogP contribution in [-0.2, 0) is 17.8 Å². The Kier molecular flexibility index (Phi) is 8.75. The fourth-order valence-corrected chi connectivity index (χ4v) is 4.57. The van der Waals surface area contributed by atoms with Crippen LogP contribution in [0.15, 0.2) is 84.1 Å². The molecule has 1 aromatic heterocycles. The van der Waals surface area contributed by atoms with Crippen molar-refractivity contribution in [1.29, 1.82) is 0 Å². The Balaban J connectivity index is 1.09. The third-order valence-electron chi connectivity index (χ3n) is 6.63. The van der Waals surface area contributed by atoms with Gasteiger partial charge < -0.3 is 30.3 Å². The van der Waals surface area contributed by atoms with Crippen LogP contribution in [0.4, 0.5) is 0 Å². The number of benzene rings is 2. The van der Waals surface area contributed by atoms with Crippen LogP contribution in [0, 0.1) is 0 Å². The molecule has 0 aliphatic carbocycles. The number of hydrogen-bond donors (Lipinski definition) is 3. The molecule has 1 amide bonds. The van der Waals surface area contributed by atoms with Crippen molar-refractivity contribution in [2.75, 3.05) is 33.0 Å². The second-order valence-electron chi connectivity index (χ2n) is 9.52. The number of carbonyl (C=O) groups is 1. The molecule has 0 bridgehead atoms. The highest BCUT2D eigenvalue weighted by Crippen LogP contribution is 2.32. The SMILES string of the molecule is CC1C=C(NCC(=O)NCCc2ccc3c(c2)OCO3)N=C(n2ccnc2)N1CCCNCc1ccccc1. The molecule has 0 fully saturated rings. The van der Waals surface area contributed by atoms with Gasteiger partial charge in [-0.3, -0.25) is 9.36 Å². The largest absolute Gasteiger partial charge is 0.454 e. The van der Waals surface area contributed by atoms with E-state index in [1.165, 1.54) is 5.56 Å². The standard InChI is InChI=1S/C29H35N7O3/c1-22-16-27(33-19-28(37)32-12-10-23-8-9-25-26(17-23)39-21-38-25)34-29(35-15-13-31-20-35)36(22)14-5-11-30-18-24-6-3-2-4-7-24/h2-4,6-9,13,15-17,20,22,30,33H,5,10-12,14,18-19,21H2,1H3,(H,32,37). The lowest BCUT2D eigenvalue weighted by atomic mass is 10.1. The van der Waals surface area contributed by atoms with Gasteiger partial charge in [-0.1, -0.05) is 36.4 Å². The fourth-order valence-electron chi connectivity index (χ4n) is 4.57. The van der Waals surface area contributed by atoms with Crippen LogP contribution in [0.25, 0.3) is 0 Å². The topological polar surface area (TPSA) is 105 Å². The zero-order valence-electron chi connectivity index (χ0n) is 22.2. The van der Waals surface area contributed by atoms with E-state index < -0.39 is 0 Å². The number of nitrogens with zero attached hydrogens (tertiary/aromatic N) is 4. The first kappa shape index (κ1) is 26.3. The first-order chi connectivity index (χ1) is 19.2. The molecule has 0 radical (unpaired) electrons. The molecule has 2 aliphatic heterocycles. The maximum Gasteiger partial charge on any atom is 0.239 e. The maximum atomic E-state index is 12.5. The van der Waals surface area contributed by atoms with Crippen molar-refractivity contribution in [2.24, 2.45) is 4.99 Å². The van der Waals surface area contributed by atoms with Gasteiger partial charge in [0.25, 0.3) is 0 Å². The normalized spacial score (nSPS) is 16.0. The van der Waals surface area contributed by atoms with Crippen molar-refractivity contribution in [3.05, 3.63) is 90.3 Å². The van der Waals surface area contributed by atoms with Gasteiger partial charge in [0.05, 0.1) is 12.6 Å². The summed E-state index contributed by atoms with van der Waals surface area (Å²) in [5.41, 5.74) is 2.36. The summed E-state index contributed by atoms with van der Waals surface area (Å²) in [6.07, 6.45) is 9.10. The highest BCUT2D eigenvalue weighted by atomic mass is 16.7. The Labute approximate surface area is 228 Å². The molecule has 3 aromatic rings. The second-order valence-corrected chi connectivity index (χ2v) is 9.52. The monoisotopic (exact) mass is 529 g/mol. The number of hydrogen-bond acceptors (Lipinski definition) is 8. The van der Waals surface area contributed by atoms with Crippen molar-refractivity contribution in [1.82, 2.24) is 30.4 Å². The molecule has 0 saturated heterocycles. The molecule has 3 heterocycles. The average Bonchev–Trinajstić information content (AvgIpc) is 3.65. The summed E-state index contributed by atoms with van der Waals surface area (Å²) >= 11 is 0. The zero-order valence-corrected chi connectivity index (χ0v) is 22.2. The molecule has 0 spiro atoms. The number of imidazole rings is 1. The summed E-state index contributed by atoms with van der Waals surface area (Å²) in [6, 6.07) is 16.4. The van der Waals surface area contributed by atoms with Gasteiger partial charge in [-0.05, 0) is 55.6 Å². The van der Waals surface area contributed by atoms with Gasteiger partial charge in [0.15, 0.2) is 11.5 Å². The molecule has 5 rings (SSSR count). The Morgan fingerprint density at radius 1 is 1.08 bits per heavy atom. The minimum absolute atomic E-state index is 0.0874. The molecule has 2 aliphatic rings. The van der Waals surface area contributed by atoms with Crippen LogP contribution in [0.3, 0.4) is 0 Å². The lowest BCUT2D eigenvalue weighted by Gasteiger charge is -2.34. The Bertz CT molecular complexity index is 1290. The maximum absolute atomic E-state index is 12.5. The lowest BCUT2D eigenvalue weighted by Crippen LogP contribution is -2.46. The Morgan fingerprint density at radius 3 is 2.79 bits per heavy atom. The minimum atomic E-state index is -0.0874. The molecule has 1 atom stereocenters. The van der Waals surface area contributed by atoms with E-state index >= 15 is 0 Å². The number of nitrogens with one attached hydrogen (secondary N) is 3. The van der Waals surface area contributed by atoms with Crippen LogP contribution in [-0.4, -0.2) is 65.3 Å². The highest BCUT2D eigenvalue weighted by molar-refractivity contribution is 5.85. The van der Waals surface area contributed by atoms with E-state index in [9.17, 15) is 4.79 Å². The molecule has 3 N–H and O–H groups in total. The summed E-state index contributed by atoms with van der Waals surface area (Å²) in [6.45, 7) is 5.65. The summed E-state index contributed by atoms with van der Waals surface area (Å²) in [4.78, 5) is 23.8. The number of ether oxygens (including phenoxy) is 2. The van der Waals surface area contributed by atoms with Gasteiger partial charge in [0, 0.05) is 32.0 Å². The second kappa shape index (κ2) is 13.0. The summed E-state index contributed by atoms with van der Waals surface area (Å²) in [5, 5.41) is 9.68. The predicted octanol–water partition coefficient (Wildman–Crippen LogP) is 2.49. The molecule has 0 saturated carbocycles. The third-order valence-corrected chi connectivity index (χ3v) is 6.63. The van der Waals surface area contributed by atoms with Gasteiger partial charge in [-0.15, -0.1) is 0 Å². The van der Waals surface area contributed by atoms with E-state index in [0.717, 1.165) is 49.1 Å². The average molecular weight is 530 g/mol. The summed E-state index contributed by atoms with van der Waals surface area (Å²) in [5.74, 6) is 2.89. The van der Waals surface area contributed by atoms with Crippen LogP contribution >= 0.6 is 0 Å². The summed E-state index contributed by atoms with van der Waals surface area (Å²) in [7, 11) is 0. The van der Waals surface area contributed by atoms with Gasteiger partial charge in [0.1, 0.15) is 12.1 Å². The van der Waals surface area contributed by atoms with Crippen LogP contribution in [0.1, 0.15) is 24.5 Å².